The van der Waals surface area contributed by atoms with Gasteiger partial charge in [-0.05, 0) is 30.3 Å². The summed E-state index contributed by atoms with van der Waals surface area (Å²) in [6.45, 7) is 0.214. The third-order valence-electron chi connectivity index (χ3n) is 2.69. The number of nitrogen functional groups attached to an aromatic ring is 1. The van der Waals surface area contributed by atoms with E-state index < -0.39 is 0 Å². The first kappa shape index (κ1) is 13.3. The number of aromatic nitrogens is 1. The van der Waals surface area contributed by atoms with Crippen molar-refractivity contribution in [1.82, 2.24) is 4.98 Å². The smallest absolute Gasteiger partial charge is 0.233 e. The van der Waals surface area contributed by atoms with Crippen LogP contribution < -0.4 is 10.5 Å². The molecule has 0 saturated heterocycles. The number of rotatable bonds is 3. The fourth-order valence-electron chi connectivity index (χ4n) is 1.83. The van der Waals surface area contributed by atoms with E-state index in [4.69, 9.17) is 26.5 Å². The van der Waals surface area contributed by atoms with Gasteiger partial charge in [0, 0.05) is 9.50 Å². The van der Waals surface area contributed by atoms with Gasteiger partial charge in [-0.2, -0.15) is 0 Å². The lowest BCUT2D eigenvalue weighted by atomic mass is 10.3. The summed E-state index contributed by atoms with van der Waals surface area (Å²) in [5.41, 5.74) is 7.68. The Hall–Kier alpha value is -1.72. The molecule has 6 heteroatoms. The maximum Gasteiger partial charge on any atom is 0.233 e. The summed E-state index contributed by atoms with van der Waals surface area (Å²) < 4.78 is 12.0. The third-order valence-corrected chi connectivity index (χ3v) is 3.38. The molecule has 0 atom stereocenters. The van der Waals surface area contributed by atoms with Crippen molar-refractivity contribution in [3.63, 3.8) is 0 Å². The maximum atomic E-state index is 5.89. The molecule has 0 radical (unpaired) electrons. The van der Waals surface area contributed by atoms with Crippen LogP contribution in [-0.2, 0) is 6.61 Å². The molecule has 20 heavy (non-hydrogen) atoms. The first-order valence-corrected chi connectivity index (χ1v) is 7.02. The minimum Gasteiger partial charge on any atom is -0.484 e. The van der Waals surface area contributed by atoms with Crippen molar-refractivity contribution < 1.29 is 9.15 Å². The number of oxazole rings is 1. The SMILES string of the molecule is Nc1cc(Br)cc2nc(COc3cccc(Cl)c3)oc12. The number of ether oxygens (including phenoxy) is 1. The minimum atomic E-state index is 0.214. The number of nitrogens with zero attached hydrogens (tertiary/aromatic N) is 1. The van der Waals surface area contributed by atoms with Crippen LogP contribution in [0.5, 0.6) is 5.75 Å². The van der Waals surface area contributed by atoms with Gasteiger partial charge in [0.25, 0.3) is 0 Å². The Morgan fingerprint density at radius 1 is 1.30 bits per heavy atom. The van der Waals surface area contributed by atoms with Crippen molar-refractivity contribution in [3.8, 4) is 5.75 Å². The van der Waals surface area contributed by atoms with Gasteiger partial charge in [0.1, 0.15) is 11.3 Å². The molecule has 4 nitrogen and oxygen atoms in total. The zero-order chi connectivity index (χ0) is 14.1. The van der Waals surface area contributed by atoms with Gasteiger partial charge in [0.2, 0.25) is 5.89 Å². The first-order chi connectivity index (χ1) is 9.61. The molecule has 0 saturated carbocycles. The minimum absolute atomic E-state index is 0.214. The van der Waals surface area contributed by atoms with Gasteiger partial charge in [0.15, 0.2) is 12.2 Å². The Morgan fingerprint density at radius 2 is 2.15 bits per heavy atom. The van der Waals surface area contributed by atoms with Gasteiger partial charge in [-0.25, -0.2) is 4.98 Å². The fraction of sp³-hybridized carbons (Fsp3) is 0.0714. The molecule has 102 valence electrons. The Morgan fingerprint density at radius 3 is 2.95 bits per heavy atom. The standard InChI is InChI=1S/C14H10BrClN2O2/c15-8-4-11(17)14-12(5-8)18-13(20-14)7-19-10-3-1-2-9(16)6-10/h1-6H,7,17H2. The van der Waals surface area contributed by atoms with Crippen LogP contribution >= 0.6 is 27.5 Å². The van der Waals surface area contributed by atoms with Gasteiger partial charge >= 0.3 is 0 Å². The monoisotopic (exact) mass is 352 g/mol. The molecular formula is C14H10BrClN2O2. The number of nitrogens with two attached hydrogens (primary N) is 1. The second-order valence-electron chi connectivity index (χ2n) is 4.20. The number of benzene rings is 2. The van der Waals surface area contributed by atoms with Crippen LogP contribution in [0.4, 0.5) is 5.69 Å². The summed E-state index contributed by atoms with van der Waals surface area (Å²) in [6, 6.07) is 10.8. The van der Waals surface area contributed by atoms with Crippen LogP contribution in [0, 0.1) is 0 Å². The van der Waals surface area contributed by atoms with Gasteiger partial charge in [0.05, 0.1) is 5.69 Å². The predicted molar refractivity (Wildman–Crippen MR) is 81.9 cm³/mol. The maximum absolute atomic E-state index is 5.89. The van der Waals surface area contributed by atoms with E-state index in [0.717, 1.165) is 4.47 Å². The molecule has 2 aromatic carbocycles. The zero-order valence-corrected chi connectivity index (χ0v) is 12.6. The summed E-state index contributed by atoms with van der Waals surface area (Å²) in [5, 5.41) is 0.619. The molecule has 0 spiro atoms. The lowest BCUT2D eigenvalue weighted by molar-refractivity contribution is 0.267. The van der Waals surface area contributed by atoms with Crippen molar-refractivity contribution in [2.75, 3.05) is 5.73 Å². The Kier molecular flexibility index (Phi) is 3.54. The Labute approximate surface area is 128 Å². The van der Waals surface area contributed by atoms with Crippen LogP contribution in [0.3, 0.4) is 0 Å². The van der Waals surface area contributed by atoms with E-state index in [1.807, 2.05) is 18.2 Å². The molecule has 0 aliphatic carbocycles. The Bertz CT molecular complexity index is 773. The molecule has 0 fully saturated rings. The number of hydrogen-bond acceptors (Lipinski definition) is 4. The second-order valence-corrected chi connectivity index (χ2v) is 5.55. The van der Waals surface area contributed by atoms with Gasteiger partial charge in [-0.3, -0.25) is 0 Å². The summed E-state index contributed by atoms with van der Waals surface area (Å²) in [5.74, 6) is 1.12. The van der Waals surface area contributed by atoms with Crippen LogP contribution in [0.15, 0.2) is 45.3 Å². The van der Waals surface area contributed by atoms with Crippen molar-refractivity contribution in [3.05, 3.63) is 51.8 Å². The van der Waals surface area contributed by atoms with Crippen LogP contribution in [0.1, 0.15) is 5.89 Å². The second kappa shape index (κ2) is 5.34. The highest BCUT2D eigenvalue weighted by Crippen LogP contribution is 2.27. The largest absolute Gasteiger partial charge is 0.484 e. The van der Waals surface area contributed by atoms with Crippen LogP contribution in [0.25, 0.3) is 11.1 Å². The highest BCUT2D eigenvalue weighted by atomic mass is 79.9. The Balaban J connectivity index is 1.83. The van der Waals surface area contributed by atoms with E-state index in [1.54, 1.807) is 18.2 Å². The van der Waals surface area contributed by atoms with Crippen molar-refractivity contribution in [2.24, 2.45) is 0 Å². The molecule has 0 aliphatic heterocycles. The molecular weight excluding hydrogens is 344 g/mol. The van der Waals surface area contributed by atoms with E-state index >= 15 is 0 Å². The highest BCUT2D eigenvalue weighted by molar-refractivity contribution is 9.10. The van der Waals surface area contributed by atoms with Crippen molar-refractivity contribution >= 4 is 44.3 Å². The summed E-state index contributed by atoms with van der Waals surface area (Å²) in [4.78, 5) is 4.34. The van der Waals surface area contributed by atoms with Gasteiger partial charge in [-0.1, -0.05) is 33.6 Å². The van der Waals surface area contributed by atoms with E-state index in [-0.39, 0.29) is 6.61 Å². The summed E-state index contributed by atoms with van der Waals surface area (Å²) in [6.07, 6.45) is 0. The normalized spacial score (nSPS) is 10.9. The molecule has 3 aromatic rings. The van der Waals surface area contributed by atoms with Crippen molar-refractivity contribution in [2.45, 2.75) is 6.61 Å². The van der Waals surface area contributed by atoms with E-state index in [2.05, 4.69) is 20.9 Å². The van der Waals surface area contributed by atoms with E-state index in [1.165, 1.54) is 0 Å². The molecule has 1 aromatic heterocycles. The molecule has 0 aliphatic rings. The summed E-state index contributed by atoms with van der Waals surface area (Å²) in [7, 11) is 0. The van der Waals surface area contributed by atoms with Crippen molar-refractivity contribution in [1.29, 1.82) is 0 Å². The zero-order valence-electron chi connectivity index (χ0n) is 10.3. The van der Waals surface area contributed by atoms with Gasteiger partial charge in [-0.15, -0.1) is 0 Å². The van der Waals surface area contributed by atoms with E-state index in [9.17, 15) is 0 Å². The lowest BCUT2D eigenvalue weighted by Crippen LogP contribution is -1.95. The average Bonchev–Trinajstić information content (AvgIpc) is 2.80. The number of anilines is 1. The average molecular weight is 354 g/mol. The van der Waals surface area contributed by atoms with Crippen LogP contribution in [-0.4, -0.2) is 4.98 Å². The topological polar surface area (TPSA) is 61.3 Å². The third kappa shape index (κ3) is 2.73. The first-order valence-electron chi connectivity index (χ1n) is 5.84. The van der Waals surface area contributed by atoms with Crippen LogP contribution in [0.2, 0.25) is 5.02 Å². The lowest BCUT2D eigenvalue weighted by Gasteiger charge is -2.02. The number of halogens is 2. The van der Waals surface area contributed by atoms with Gasteiger partial charge < -0.3 is 14.9 Å². The number of hydrogen-bond donors (Lipinski definition) is 1. The molecule has 0 unspecified atom stereocenters. The number of fused-ring (bicyclic) bond motifs is 1. The van der Waals surface area contributed by atoms with E-state index in [0.29, 0.717) is 33.4 Å². The summed E-state index contributed by atoms with van der Waals surface area (Å²) >= 11 is 9.26. The molecule has 0 amide bonds. The fourth-order valence-corrected chi connectivity index (χ4v) is 2.48. The quantitative estimate of drug-likeness (QED) is 0.709. The highest BCUT2D eigenvalue weighted by Gasteiger charge is 2.10. The molecule has 3 rings (SSSR count). The molecule has 1 heterocycles. The predicted octanol–water partition coefficient (Wildman–Crippen LogP) is 4.40. The molecule has 0 bridgehead atoms. The molecule has 2 N–H and O–H groups in total.